The summed E-state index contributed by atoms with van der Waals surface area (Å²) in [5, 5.41) is 5.91. The highest BCUT2D eigenvalue weighted by Gasteiger charge is 2.55. The highest BCUT2D eigenvalue weighted by atomic mass is 35.5. The molecule has 1 saturated carbocycles. The number of hydrogen-bond donors (Lipinski definition) is 2. The van der Waals surface area contributed by atoms with Gasteiger partial charge in [0.1, 0.15) is 12.1 Å². The van der Waals surface area contributed by atoms with Crippen molar-refractivity contribution in [1.82, 2.24) is 10.2 Å². The number of amides is 4. The molecule has 1 aromatic carbocycles. The Balaban J connectivity index is 1.57. The number of hydrogen-bond acceptors (Lipinski definition) is 5. The van der Waals surface area contributed by atoms with E-state index in [4.69, 9.17) is 16.3 Å². The zero-order chi connectivity index (χ0) is 21.2. The summed E-state index contributed by atoms with van der Waals surface area (Å²) in [5.74, 6) is -1.76. The van der Waals surface area contributed by atoms with Crippen molar-refractivity contribution in [2.75, 3.05) is 11.9 Å². The first kappa shape index (κ1) is 21.1. The number of benzene rings is 1. The van der Waals surface area contributed by atoms with E-state index in [-0.39, 0.29) is 5.92 Å². The molecule has 3 atom stereocenters. The van der Waals surface area contributed by atoms with Gasteiger partial charge in [-0.2, -0.15) is 0 Å². The van der Waals surface area contributed by atoms with E-state index in [0.717, 1.165) is 24.2 Å². The average molecular weight is 422 g/mol. The first-order valence-corrected chi connectivity index (χ1v) is 10.0. The van der Waals surface area contributed by atoms with E-state index in [0.29, 0.717) is 17.1 Å². The molecule has 1 heterocycles. The van der Waals surface area contributed by atoms with E-state index in [1.54, 1.807) is 24.3 Å². The van der Waals surface area contributed by atoms with Gasteiger partial charge in [-0.15, -0.1) is 0 Å². The Hall–Kier alpha value is -2.61. The molecule has 156 valence electrons. The molecule has 1 aromatic rings. The zero-order valence-electron chi connectivity index (χ0n) is 16.4. The molecular formula is C20H24ClN3O5. The Morgan fingerprint density at radius 3 is 2.66 bits per heavy atom. The zero-order valence-corrected chi connectivity index (χ0v) is 17.1. The van der Waals surface area contributed by atoms with Crippen molar-refractivity contribution in [3.8, 4) is 0 Å². The molecule has 0 unspecified atom stereocenters. The summed E-state index contributed by atoms with van der Waals surface area (Å²) in [7, 11) is 0. The maximum atomic E-state index is 12.9. The molecule has 8 nitrogen and oxygen atoms in total. The number of carbonyl (C=O) groups excluding carboxylic acids is 4. The molecule has 2 fully saturated rings. The molecule has 4 amide bonds. The topological polar surface area (TPSA) is 105 Å². The van der Waals surface area contributed by atoms with Gasteiger partial charge in [0.2, 0.25) is 0 Å². The van der Waals surface area contributed by atoms with E-state index < -0.39 is 42.0 Å². The molecule has 1 aliphatic carbocycles. The molecule has 0 aromatic heterocycles. The molecule has 0 bridgehead atoms. The number of nitrogens with one attached hydrogen (secondary N) is 2. The number of imide groups is 1. The molecule has 29 heavy (non-hydrogen) atoms. The maximum Gasteiger partial charge on any atom is 0.327 e. The van der Waals surface area contributed by atoms with Crippen LogP contribution in [0.1, 0.15) is 39.5 Å². The van der Waals surface area contributed by atoms with Crippen LogP contribution in [-0.4, -0.2) is 46.9 Å². The number of ether oxygens (including phenoxy) is 1. The van der Waals surface area contributed by atoms with Crippen LogP contribution < -0.4 is 10.6 Å². The normalized spacial score (nSPS) is 24.9. The molecule has 1 saturated heterocycles. The summed E-state index contributed by atoms with van der Waals surface area (Å²) in [6.07, 6.45) is 2.16. The van der Waals surface area contributed by atoms with E-state index in [9.17, 15) is 19.2 Å². The number of anilines is 1. The molecule has 1 aliphatic heterocycles. The van der Waals surface area contributed by atoms with Crippen LogP contribution in [0.4, 0.5) is 10.5 Å². The van der Waals surface area contributed by atoms with Crippen molar-refractivity contribution in [2.45, 2.75) is 51.2 Å². The fraction of sp³-hybridized carbons (Fsp3) is 0.500. The van der Waals surface area contributed by atoms with Crippen LogP contribution in [0.5, 0.6) is 0 Å². The summed E-state index contributed by atoms with van der Waals surface area (Å²) in [4.78, 5) is 50.5. The number of esters is 1. The third kappa shape index (κ3) is 4.37. The number of rotatable bonds is 5. The van der Waals surface area contributed by atoms with Gasteiger partial charge in [0, 0.05) is 10.7 Å². The second kappa shape index (κ2) is 8.41. The predicted octanol–water partition coefficient (Wildman–Crippen LogP) is 2.71. The second-order valence-corrected chi connectivity index (χ2v) is 8.00. The maximum absolute atomic E-state index is 12.9. The van der Waals surface area contributed by atoms with Crippen molar-refractivity contribution >= 4 is 41.1 Å². The lowest BCUT2D eigenvalue weighted by molar-refractivity contribution is -0.155. The SMILES string of the molecule is C[C@H](OC(=O)CN1C(=O)N[C@@]2(CCCC[C@@H]2C)C1=O)C(=O)Nc1ccc(Cl)cc1. The largest absolute Gasteiger partial charge is 0.451 e. The highest BCUT2D eigenvalue weighted by molar-refractivity contribution is 6.30. The average Bonchev–Trinajstić information content (AvgIpc) is 2.91. The number of halogens is 1. The Kier molecular flexibility index (Phi) is 6.12. The lowest BCUT2D eigenvalue weighted by Crippen LogP contribution is -2.54. The molecule has 9 heteroatoms. The molecule has 0 radical (unpaired) electrons. The summed E-state index contributed by atoms with van der Waals surface area (Å²) < 4.78 is 5.12. The van der Waals surface area contributed by atoms with Crippen LogP contribution in [0.2, 0.25) is 5.02 Å². The monoisotopic (exact) mass is 421 g/mol. The number of carbonyl (C=O) groups is 4. The Bertz CT molecular complexity index is 828. The van der Waals surface area contributed by atoms with Crippen molar-refractivity contribution in [3.63, 3.8) is 0 Å². The quantitative estimate of drug-likeness (QED) is 0.561. The van der Waals surface area contributed by atoms with Crippen LogP contribution in [0.3, 0.4) is 0 Å². The van der Waals surface area contributed by atoms with Gasteiger partial charge in [-0.1, -0.05) is 31.4 Å². The van der Waals surface area contributed by atoms with Crippen LogP contribution in [-0.2, 0) is 19.1 Å². The molecule has 1 spiro atoms. The Labute approximate surface area is 173 Å². The van der Waals surface area contributed by atoms with E-state index >= 15 is 0 Å². The second-order valence-electron chi connectivity index (χ2n) is 7.57. The van der Waals surface area contributed by atoms with Gasteiger partial charge in [-0.3, -0.25) is 19.3 Å². The van der Waals surface area contributed by atoms with Crippen molar-refractivity contribution in [1.29, 1.82) is 0 Å². The Morgan fingerprint density at radius 2 is 2.00 bits per heavy atom. The van der Waals surface area contributed by atoms with Crippen LogP contribution >= 0.6 is 11.6 Å². The summed E-state index contributed by atoms with van der Waals surface area (Å²) in [6, 6.07) is 5.87. The number of nitrogens with zero attached hydrogens (tertiary/aromatic N) is 1. The van der Waals surface area contributed by atoms with Crippen LogP contribution in [0.25, 0.3) is 0 Å². The lowest BCUT2D eigenvalue weighted by atomic mass is 9.73. The van der Waals surface area contributed by atoms with Gasteiger partial charge in [0.25, 0.3) is 11.8 Å². The highest BCUT2D eigenvalue weighted by Crippen LogP contribution is 2.38. The number of urea groups is 1. The summed E-state index contributed by atoms with van der Waals surface area (Å²) in [6.45, 7) is 2.82. The molecule has 3 rings (SSSR count). The minimum atomic E-state index is -1.10. The van der Waals surface area contributed by atoms with Gasteiger partial charge in [0.15, 0.2) is 6.10 Å². The fourth-order valence-corrected chi connectivity index (χ4v) is 3.96. The standard InChI is InChI=1S/C20H24ClN3O5/c1-12-5-3-4-10-20(12)18(27)24(19(28)23-20)11-16(25)29-13(2)17(26)22-15-8-6-14(21)7-9-15/h6-9,12-13H,3-5,10-11H2,1-2H3,(H,22,26)(H,23,28)/t12-,13-,20+/m0/s1. The fourth-order valence-electron chi connectivity index (χ4n) is 3.83. The van der Waals surface area contributed by atoms with Crippen molar-refractivity contribution in [3.05, 3.63) is 29.3 Å². The summed E-state index contributed by atoms with van der Waals surface area (Å²) in [5.41, 5.74) is -0.433. The van der Waals surface area contributed by atoms with Crippen LogP contribution in [0.15, 0.2) is 24.3 Å². The van der Waals surface area contributed by atoms with Crippen molar-refractivity contribution in [2.24, 2.45) is 5.92 Å². The first-order valence-electron chi connectivity index (χ1n) is 9.63. The van der Waals surface area contributed by atoms with Gasteiger partial charge in [0.05, 0.1) is 0 Å². The smallest absolute Gasteiger partial charge is 0.327 e. The van der Waals surface area contributed by atoms with E-state index in [2.05, 4.69) is 10.6 Å². The van der Waals surface area contributed by atoms with Gasteiger partial charge in [-0.25, -0.2) is 4.79 Å². The molecule has 2 N–H and O–H groups in total. The predicted molar refractivity (Wildman–Crippen MR) is 106 cm³/mol. The molecular weight excluding hydrogens is 398 g/mol. The minimum absolute atomic E-state index is 0.00204. The van der Waals surface area contributed by atoms with Crippen molar-refractivity contribution < 1.29 is 23.9 Å². The minimum Gasteiger partial charge on any atom is -0.451 e. The Morgan fingerprint density at radius 1 is 1.31 bits per heavy atom. The third-order valence-corrected chi connectivity index (χ3v) is 5.83. The molecule has 2 aliphatic rings. The van der Waals surface area contributed by atoms with E-state index in [1.807, 2.05) is 6.92 Å². The lowest BCUT2D eigenvalue weighted by Gasteiger charge is -2.36. The van der Waals surface area contributed by atoms with Gasteiger partial charge < -0.3 is 15.4 Å². The summed E-state index contributed by atoms with van der Waals surface area (Å²) >= 11 is 5.80. The first-order chi connectivity index (χ1) is 13.7. The third-order valence-electron chi connectivity index (χ3n) is 5.58. The van der Waals surface area contributed by atoms with E-state index in [1.165, 1.54) is 6.92 Å². The van der Waals surface area contributed by atoms with Gasteiger partial charge in [-0.05, 0) is 49.9 Å². The van der Waals surface area contributed by atoms with Gasteiger partial charge >= 0.3 is 12.0 Å². The van der Waals surface area contributed by atoms with Crippen LogP contribution in [0, 0.1) is 5.92 Å².